The first-order valence-electron chi connectivity index (χ1n) is 6.61. The van der Waals surface area contributed by atoms with Crippen molar-refractivity contribution in [2.24, 2.45) is 5.73 Å². The molecule has 1 atom stereocenters. The molecule has 10 heteroatoms. The third kappa shape index (κ3) is 5.52. The van der Waals surface area contributed by atoms with Crippen molar-refractivity contribution in [3.8, 4) is 11.5 Å². The minimum Gasteiger partial charge on any atom is -0.406 e. The van der Waals surface area contributed by atoms with Crippen molar-refractivity contribution in [1.82, 2.24) is 0 Å². The van der Waals surface area contributed by atoms with Gasteiger partial charge in [0.1, 0.15) is 5.75 Å². The zero-order chi connectivity index (χ0) is 18.8. The first kappa shape index (κ1) is 18.8. The van der Waals surface area contributed by atoms with Crippen molar-refractivity contribution < 1.29 is 40.2 Å². The standard InChI is InChI=1S/C15H10F7NO2/c16-11-7-9(3-6-12(11)25-15(20,21)22)13(23)8-1-4-10(5-2-8)24-14(17,18)19/h1-7,13H,23H2/t13-/m0/s1. The Balaban J connectivity index is 2.17. The van der Waals surface area contributed by atoms with Gasteiger partial charge in [-0.25, -0.2) is 4.39 Å². The molecule has 0 spiro atoms. The van der Waals surface area contributed by atoms with Crippen molar-refractivity contribution in [3.63, 3.8) is 0 Å². The lowest BCUT2D eigenvalue weighted by atomic mass is 9.99. The predicted octanol–water partition coefficient (Wildman–Crippen LogP) is 4.67. The Labute approximate surface area is 136 Å². The van der Waals surface area contributed by atoms with Crippen LogP contribution in [0.1, 0.15) is 17.2 Å². The highest BCUT2D eigenvalue weighted by Gasteiger charge is 2.33. The van der Waals surface area contributed by atoms with Gasteiger partial charge in [0.15, 0.2) is 11.6 Å². The van der Waals surface area contributed by atoms with Gasteiger partial charge in [0.2, 0.25) is 0 Å². The summed E-state index contributed by atoms with van der Waals surface area (Å²) in [5, 5.41) is 0. The van der Waals surface area contributed by atoms with E-state index in [1.54, 1.807) is 0 Å². The van der Waals surface area contributed by atoms with Gasteiger partial charge in [-0.15, -0.1) is 26.3 Å². The van der Waals surface area contributed by atoms with E-state index < -0.39 is 36.1 Å². The lowest BCUT2D eigenvalue weighted by Gasteiger charge is -2.16. The fourth-order valence-electron chi connectivity index (χ4n) is 1.99. The van der Waals surface area contributed by atoms with Crippen molar-refractivity contribution in [2.45, 2.75) is 18.8 Å². The van der Waals surface area contributed by atoms with E-state index in [4.69, 9.17) is 5.73 Å². The molecular weight excluding hydrogens is 359 g/mol. The molecule has 0 unspecified atom stereocenters. The molecule has 2 aromatic carbocycles. The largest absolute Gasteiger partial charge is 0.573 e. The topological polar surface area (TPSA) is 44.5 Å². The molecule has 0 fully saturated rings. The monoisotopic (exact) mass is 369 g/mol. The Bertz CT molecular complexity index is 726. The van der Waals surface area contributed by atoms with E-state index in [1.807, 2.05) is 0 Å². The van der Waals surface area contributed by atoms with Crippen molar-refractivity contribution in [3.05, 3.63) is 59.4 Å². The van der Waals surface area contributed by atoms with E-state index in [-0.39, 0.29) is 5.56 Å². The molecule has 3 nitrogen and oxygen atoms in total. The Hall–Kier alpha value is -2.49. The van der Waals surface area contributed by atoms with Crippen LogP contribution in [0, 0.1) is 5.82 Å². The highest BCUT2D eigenvalue weighted by atomic mass is 19.4. The molecular formula is C15H10F7NO2. The van der Waals surface area contributed by atoms with Gasteiger partial charge in [-0.1, -0.05) is 18.2 Å². The van der Waals surface area contributed by atoms with Gasteiger partial charge in [-0.3, -0.25) is 0 Å². The molecule has 0 aliphatic carbocycles. The summed E-state index contributed by atoms with van der Waals surface area (Å²) >= 11 is 0. The van der Waals surface area contributed by atoms with Crippen molar-refractivity contribution in [2.75, 3.05) is 0 Å². The second-order valence-corrected chi connectivity index (χ2v) is 4.83. The fourth-order valence-corrected chi connectivity index (χ4v) is 1.99. The molecule has 0 bridgehead atoms. The second-order valence-electron chi connectivity index (χ2n) is 4.83. The van der Waals surface area contributed by atoms with Gasteiger partial charge in [0, 0.05) is 0 Å². The number of ether oxygens (including phenoxy) is 2. The summed E-state index contributed by atoms with van der Waals surface area (Å²) in [6.45, 7) is 0. The third-order valence-corrected chi connectivity index (χ3v) is 3.01. The summed E-state index contributed by atoms with van der Waals surface area (Å²) < 4.78 is 93.4. The van der Waals surface area contributed by atoms with Crippen molar-refractivity contribution in [1.29, 1.82) is 0 Å². The predicted molar refractivity (Wildman–Crippen MR) is 72.2 cm³/mol. The average molecular weight is 369 g/mol. The Kier molecular flexibility index (Phi) is 5.12. The average Bonchev–Trinajstić information content (AvgIpc) is 2.46. The summed E-state index contributed by atoms with van der Waals surface area (Å²) in [5.41, 5.74) is 6.26. The van der Waals surface area contributed by atoms with Gasteiger partial charge in [-0.05, 0) is 35.4 Å². The zero-order valence-corrected chi connectivity index (χ0v) is 12.2. The molecule has 2 N–H and O–H groups in total. The van der Waals surface area contributed by atoms with Gasteiger partial charge < -0.3 is 15.2 Å². The summed E-state index contributed by atoms with van der Waals surface area (Å²) in [4.78, 5) is 0. The molecule has 0 radical (unpaired) electrons. The van der Waals surface area contributed by atoms with Crippen molar-refractivity contribution >= 4 is 0 Å². The van der Waals surface area contributed by atoms with Crippen LogP contribution >= 0.6 is 0 Å². The van der Waals surface area contributed by atoms with Crippen LogP contribution in [0.3, 0.4) is 0 Å². The van der Waals surface area contributed by atoms with Crippen LogP contribution in [0.5, 0.6) is 11.5 Å². The number of nitrogens with two attached hydrogens (primary N) is 1. The van der Waals surface area contributed by atoms with Gasteiger partial charge in [0.25, 0.3) is 0 Å². The van der Waals surface area contributed by atoms with E-state index in [0.717, 1.165) is 30.3 Å². The molecule has 2 rings (SSSR count). The number of rotatable bonds is 4. The van der Waals surface area contributed by atoms with Crippen LogP contribution in [0.25, 0.3) is 0 Å². The number of alkyl halides is 6. The van der Waals surface area contributed by atoms with Gasteiger partial charge >= 0.3 is 12.7 Å². The molecule has 2 aromatic rings. The van der Waals surface area contributed by atoms with Crippen LogP contribution in [-0.2, 0) is 0 Å². The smallest absolute Gasteiger partial charge is 0.406 e. The Morgan fingerprint density at radius 1 is 0.760 bits per heavy atom. The third-order valence-electron chi connectivity index (χ3n) is 3.01. The van der Waals surface area contributed by atoms with Gasteiger partial charge in [-0.2, -0.15) is 0 Å². The van der Waals surface area contributed by atoms with Crippen LogP contribution in [-0.4, -0.2) is 12.7 Å². The first-order valence-corrected chi connectivity index (χ1v) is 6.61. The maximum absolute atomic E-state index is 13.7. The summed E-state index contributed by atoms with van der Waals surface area (Å²) in [5.74, 6) is -2.76. The lowest BCUT2D eigenvalue weighted by Crippen LogP contribution is -2.18. The van der Waals surface area contributed by atoms with Crippen LogP contribution in [0.2, 0.25) is 0 Å². The molecule has 0 saturated carbocycles. The molecule has 0 saturated heterocycles. The first-order chi connectivity index (χ1) is 11.4. The van der Waals surface area contributed by atoms with Gasteiger partial charge in [0.05, 0.1) is 6.04 Å². The highest BCUT2D eigenvalue weighted by Crippen LogP contribution is 2.30. The number of hydrogen-bond acceptors (Lipinski definition) is 3. The van der Waals surface area contributed by atoms with E-state index in [1.165, 1.54) is 12.1 Å². The molecule has 0 aliphatic heterocycles. The second kappa shape index (κ2) is 6.79. The molecule has 0 aliphatic rings. The molecule has 25 heavy (non-hydrogen) atoms. The maximum atomic E-state index is 13.7. The maximum Gasteiger partial charge on any atom is 0.573 e. The van der Waals surface area contributed by atoms with E-state index >= 15 is 0 Å². The fraction of sp³-hybridized carbons (Fsp3) is 0.200. The minimum atomic E-state index is -5.04. The van der Waals surface area contributed by atoms with Crippen LogP contribution in [0.15, 0.2) is 42.5 Å². The SMILES string of the molecule is N[C@@H](c1ccc(OC(F)(F)F)cc1)c1ccc(OC(F)(F)F)c(F)c1. The Morgan fingerprint density at radius 3 is 1.76 bits per heavy atom. The van der Waals surface area contributed by atoms with E-state index in [2.05, 4.69) is 9.47 Å². The van der Waals surface area contributed by atoms with Crippen LogP contribution in [0.4, 0.5) is 30.7 Å². The Morgan fingerprint density at radius 2 is 1.28 bits per heavy atom. The quantitative estimate of drug-likeness (QED) is 0.797. The summed E-state index contributed by atoms with van der Waals surface area (Å²) in [6, 6.07) is 6.14. The molecule has 0 heterocycles. The number of benzene rings is 2. The highest BCUT2D eigenvalue weighted by molar-refractivity contribution is 5.38. The van der Waals surface area contributed by atoms with Crippen LogP contribution < -0.4 is 15.2 Å². The number of hydrogen-bond donors (Lipinski definition) is 1. The molecule has 136 valence electrons. The summed E-state index contributed by atoms with van der Waals surface area (Å²) in [6.07, 6.45) is -9.89. The minimum absolute atomic E-state index is 0.108. The lowest BCUT2D eigenvalue weighted by molar-refractivity contribution is -0.276. The molecule has 0 aromatic heterocycles. The number of halogens is 7. The molecule has 0 amide bonds. The zero-order valence-electron chi connectivity index (χ0n) is 12.2. The van der Waals surface area contributed by atoms with E-state index in [0.29, 0.717) is 5.56 Å². The summed E-state index contributed by atoms with van der Waals surface area (Å²) in [7, 11) is 0. The normalized spacial score (nSPS) is 13.4. The van der Waals surface area contributed by atoms with E-state index in [9.17, 15) is 30.7 Å².